The second-order valence-corrected chi connectivity index (χ2v) is 7.05. The third-order valence-corrected chi connectivity index (χ3v) is 4.25. The molecule has 0 spiro atoms. The van der Waals surface area contributed by atoms with Gasteiger partial charge in [0.15, 0.2) is 17.3 Å². The number of aromatic nitrogens is 5. The van der Waals surface area contributed by atoms with Gasteiger partial charge in [0, 0.05) is 42.8 Å². The second-order valence-electron chi connectivity index (χ2n) is 7.05. The van der Waals surface area contributed by atoms with Crippen LogP contribution in [0.3, 0.4) is 0 Å². The molecule has 1 saturated carbocycles. The largest absolute Gasteiger partial charge is 0.311 e. The van der Waals surface area contributed by atoms with Crippen LogP contribution in [0.5, 0.6) is 0 Å². The predicted octanol–water partition coefficient (Wildman–Crippen LogP) is 3.25. The Morgan fingerprint density at radius 3 is 2.77 bits per heavy atom. The summed E-state index contributed by atoms with van der Waals surface area (Å²) in [6.07, 6.45) is 5.43. The van der Waals surface area contributed by atoms with Crippen molar-refractivity contribution in [2.24, 2.45) is 0 Å². The third-order valence-electron chi connectivity index (χ3n) is 4.25. The number of carbonyl (C=O) groups is 1. The van der Waals surface area contributed by atoms with E-state index in [1.165, 1.54) is 27.0 Å². The monoisotopic (exact) mass is 354 g/mol. The zero-order chi connectivity index (χ0) is 18.5. The van der Waals surface area contributed by atoms with Crippen LogP contribution in [0.1, 0.15) is 51.0 Å². The first-order valence-corrected chi connectivity index (χ1v) is 8.52. The van der Waals surface area contributed by atoms with Crippen LogP contribution < -0.4 is 5.32 Å². The van der Waals surface area contributed by atoms with Crippen molar-refractivity contribution in [1.29, 1.82) is 0 Å². The number of anilines is 1. The molecule has 0 bridgehead atoms. The van der Waals surface area contributed by atoms with Gasteiger partial charge >= 0.3 is 0 Å². The van der Waals surface area contributed by atoms with E-state index in [-0.39, 0.29) is 11.7 Å². The molecule has 1 fully saturated rings. The number of halogens is 1. The Balaban J connectivity index is 1.89. The number of hydrogen-bond acceptors (Lipinski definition) is 5. The molecule has 0 aliphatic heterocycles. The smallest absolute Gasteiger partial charge is 0.222 e. The molecule has 7 nitrogen and oxygen atoms in total. The predicted molar refractivity (Wildman–Crippen MR) is 94.9 cm³/mol. The molecule has 0 aromatic carbocycles. The number of pyridine rings is 1. The van der Waals surface area contributed by atoms with Crippen molar-refractivity contribution in [3.63, 3.8) is 0 Å². The summed E-state index contributed by atoms with van der Waals surface area (Å²) in [5.74, 6) is 1.23. The lowest BCUT2D eigenvalue weighted by molar-refractivity contribution is -0.114. The SMILES string of the molecule is CC(=O)Nc1cc2c(cn1)c(C1CC1)nn2-c1ccnc(C(C)(C)F)n1. The van der Waals surface area contributed by atoms with Crippen LogP contribution in [-0.4, -0.2) is 30.6 Å². The lowest BCUT2D eigenvalue weighted by Crippen LogP contribution is -2.16. The number of amides is 1. The molecule has 3 aromatic heterocycles. The number of fused-ring (bicyclic) bond motifs is 1. The van der Waals surface area contributed by atoms with Gasteiger partial charge in [-0.2, -0.15) is 5.10 Å². The van der Waals surface area contributed by atoms with E-state index in [9.17, 15) is 9.18 Å². The minimum atomic E-state index is -1.65. The number of nitrogens with zero attached hydrogens (tertiary/aromatic N) is 5. The van der Waals surface area contributed by atoms with Crippen LogP contribution >= 0.6 is 0 Å². The van der Waals surface area contributed by atoms with Gasteiger partial charge in [0.05, 0.1) is 11.2 Å². The lowest BCUT2D eigenvalue weighted by Gasteiger charge is -2.13. The lowest BCUT2D eigenvalue weighted by atomic mass is 10.1. The first kappa shape index (κ1) is 16.6. The summed E-state index contributed by atoms with van der Waals surface area (Å²) in [5.41, 5.74) is 0.0785. The van der Waals surface area contributed by atoms with Gasteiger partial charge in [-0.1, -0.05) is 0 Å². The van der Waals surface area contributed by atoms with Crippen molar-refractivity contribution in [2.45, 2.75) is 45.2 Å². The molecule has 3 heterocycles. The summed E-state index contributed by atoms with van der Waals surface area (Å²) < 4.78 is 15.9. The Morgan fingerprint density at radius 1 is 1.35 bits per heavy atom. The molecular weight excluding hydrogens is 335 g/mol. The molecule has 26 heavy (non-hydrogen) atoms. The van der Waals surface area contributed by atoms with Crippen molar-refractivity contribution in [2.75, 3.05) is 5.32 Å². The number of nitrogens with one attached hydrogen (secondary N) is 1. The van der Waals surface area contributed by atoms with Gasteiger partial charge < -0.3 is 5.32 Å². The van der Waals surface area contributed by atoms with Crippen LogP contribution in [0.15, 0.2) is 24.5 Å². The summed E-state index contributed by atoms with van der Waals surface area (Å²) in [7, 11) is 0. The van der Waals surface area contributed by atoms with Crippen LogP contribution in [0.4, 0.5) is 10.2 Å². The minimum Gasteiger partial charge on any atom is -0.311 e. The molecule has 1 aliphatic carbocycles. The van der Waals surface area contributed by atoms with Crippen molar-refractivity contribution in [1.82, 2.24) is 24.7 Å². The minimum absolute atomic E-state index is 0.0998. The summed E-state index contributed by atoms with van der Waals surface area (Å²) >= 11 is 0. The van der Waals surface area contributed by atoms with Crippen LogP contribution in [0, 0.1) is 0 Å². The van der Waals surface area contributed by atoms with Crippen molar-refractivity contribution in [3.05, 3.63) is 36.0 Å². The van der Waals surface area contributed by atoms with E-state index in [2.05, 4.69) is 20.3 Å². The topological polar surface area (TPSA) is 85.6 Å². The highest BCUT2D eigenvalue weighted by atomic mass is 19.1. The number of carbonyl (C=O) groups excluding carboxylic acids is 1. The molecule has 8 heteroatoms. The maximum absolute atomic E-state index is 14.3. The Bertz CT molecular complexity index is 1000. The van der Waals surface area contributed by atoms with Crippen molar-refractivity contribution in [3.8, 4) is 5.82 Å². The molecule has 1 aliphatic rings. The number of hydrogen-bond donors (Lipinski definition) is 1. The van der Waals surface area contributed by atoms with Gasteiger partial charge in [0.2, 0.25) is 5.91 Å². The molecule has 0 saturated heterocycles. The first-order valence-electron chi connectivity index (χ1n) is 8.52. The van der Waals surface area contributed by atoms with Gasteiger partial charge in [-0.15, -0.1) is 0 Å². The fourth-order valence-corrected chi connectivity index (χ4v) is 2.87. The average Bonchev–Trinajstić information content (AvgIpc) is 3.35. The molecule has 134 valence electrons. The molecule has 1 amide bonds. The highest BCUT2D eigenvalue weighted by molar-refractivity contribution is 5.91. The third kappa shape index (κ3) is 3.02. The maximum Gasteiger partial charge on any atom is 0.222 e. The number of alkyl halides is 1. The molecule has 3 aromatic rings. The van der Waals surface area contributed by atoms with Crippen LogP contribution in [0.2, 0.25) is 0 Å². The average molecular weight is 354 g/mol. The van der Waals surface area contributed by atoms with E-state index in [0.29, 0.717) is 17.6 Å². The van der Waals surface area contributed by atoms with Crippen molar-refractivity contribution >= 4 is 22.6 Å². The zero-order valence-electron chi connectivity index (χ0n) is 14.8. The maximum atomic E-state index is 14.3. The summed E-state index contributed by atoms with van der Waals surface area (Å²) in [6.45, 7) is 4.27. The highest BCUT2D eigenvalue weighted by Crippen LogP contribution is 2.43. The van der Waals surface area contributed by atoms with Crippen LogP contribution in [0.25, 0.3) is 16.7 Å². The summed E-state index contributed by atoms with van der Waals surface area (Å²) in [5, 5.41) is 8.32. The second kappa shape index (κ2) is 5.82. The quantitative estimate of drug-likeness (QED) is 0.777. The summed E-state index contributed by atoms with van der Waals surface area (Å²) in [6, 6.07) is 3.45. The molecule has 0 unspecified atom stereocenters. The van der Waals surface area contributed by atoms with E-state index in [1.54, 1.807) is 23.0 Å². The van der Waals surface area contributed by atoms with Gasteiger partial charge in [-0.05, 0) is 26.7 Å². The molecule has 0 atom stereocenters. The first-order chi connectivity index (χ1) is 12.3. The van der Waals surface area contributed by atoms with Crippen LogP contribution in [-0.2, 0) is 10.5 Å². The normalized spacial score (nSPS) is 14.6. The summed E-state index contributed by atoms with van der Waals surface area (Å²) in [4.78, 5) is 24.0. The molecular formula is C18H19FN6O. The van der Waals surface area contributed by atoms with E-state index >= 15 is 0 Å². The van der Waals surface area contributed by atoms with E-state index in [1.807, 2.05) is 0 Å². The Morgan fingerprint density at radius 2 is 2.12 bits per heavy atom. The van der Waals surface area contributed by atoms with Gasteiger partial charge in [-0.25, -0.2) is 24.0 Å². The Hall–Kier alpha value is -2.90. The Labute approximate surface area is 149 Å². The van der Waals surface area contributed by atoms with Gasteiger partial charge in [0.1, 0.15) is 5.82 Å². The highest BCUT2D eigenvalue weighted by Gasteiger charge is 2.30. The molecule has 4 rings (SSSR count). The fraction of sp³-hybridized carbons (Fsp3) is 0.389. The standard InChI is InChI=1S/C18H19FN6O/c1-10(26)22-14-8-13-12(9-21-14)16(11-4-5-11)24-25(13)15-6-7-20-17(23-15)18(2,3)19/h6-9,11H,4-5H2,1-3H3,(H,21,22,26). The van der Waals surface area contributed by atoms with Crippen molar-refractivity contribution < 1.29 is 9.18 Å². The van der Waals surface area contributed by atoms with Gasteiger partial charge in [0.25, 0.3) is 0 Å². The number of rotatable bonds is 4. The Kier molecular flexibility index (Phi) is 3.71. The van der Waals surface area contributed by atoms with E-state index < -0.39 is 5.67 Å². The van der Waals surface area contributed by atoms with Gasteiger partial charge in [-0.3, -0.25) is 4.79 Å². The molecule has 1 N–H and O–H groups in total. The van der Waals surface area contributed by atoms with E-state index in [4.69, 9.17) is 5.10 Å². The van der Waals surface area contributed by atoms with E-state index in [0.717, 1.165) is 29.4 Å². The fourth-order valence-electron chi connectivity index (χ4n) is 2.87. The molecule has 0 radical (unpaired) electrons. The zero-order valence-corrected chi connectivity index (χ0v) is 14.8.